The summed E-state index contributed by atoms with van der Waals surface area (Å²) in [7, 11) is 1.71. The summed E-state index contributed by atoms with van der Waals surface area (Å²) in [4.78, 5) is 23.0. The lowest BCUT2D eigenvalue weighted by molar-refractivity contribution is 0.493. The first-order valence-electron chi connectivity index (χ1n) is 9.21. The Morgan fingerprint density at radius 1 is 1.18 bits per heavy atom. The maximum absolute atomic E-state index is 14.1. The van der Waals surface area contributed by atoms with Crippen molar-refractivity contribution in [1.82, 2.24) is 14.5 Å². The monoisotopic (exact) mass is 442 g/mol. The van der Waals surface area contributed by atoms with Gasteiger partial charge in [-0.1, -0.05) is 28.1 Å². The summed E-state index contributed by atoms with van der Waals surface area (Å²) in [6, 6.07) is 11.3. The van der Waals surface area contributed by atoms with Gasteiger partial charge in [0, 0.05) is 42.4 Å². The van der Waals surface area contributed by atoms with Gasteiger partial charge < -0.3 is 4.90 Å². The minimum Gasteiger partial charge on any atom is -0.342 e. The van der Waals surface area contributed by atoms with Crippen molar-refractivity contribution in [3.63, 3.8) is 0 Å². The number of pyridine rings is 1. The van der Waals surface area contributed by atoms with Gasteiger partial charge in [-0.15, -0.1) is 0 Å². The number of nitrogens with zero attached hydrogens (tertiary/aromatic N) is 4. The van der Waals surface area contributed by atoms with Gasteiger partial charge in [0.2, 0.25) is 5.95 Å². The van der Waals surface area contributed by atoms with Crippen molar-refractivity contribution in [2.75, 3.05) is 18.0 Å². The highest BCUT2D eigenvalue weighted by Crippen LogP contribution is 2.31. The highest BCUT2D eigenvalue weighted by atomic mass is 79.9. The normalized spacial score (nSPS) is 15.0. The molecule has 1 fully saturated rings. The number of piperidine rings is 1. The minimum absolute atomic E-state index is 0.203. The van der Waals surface area contributed by atoms with Crippen LogP contribution >= 0.6 is 15.9 Å². The SMILES string of the molecule is Cn1c(N2CCC(c3cccc(Br)c3)CC2)nc(-c2ccncc2F)cc1=O. The van der Waals surface area contributed by atoms with Crippen LogP contribution in [0.1, 0.15) is 24.3 Å². The predicted molar refractivity (Wildman–Crippen MR) is 111 cm³/mol. The third-order valence-electron chi connectivity index (χ3n) is 5.26. The molecule has 0 amide bonds. The Morgan fingerprint density at radius 3 is 2.68 bits per heavy atom. The molecule has 0 aliphatic carbocycles. The lowest BCUT2D eigenvalue weighted by atomic mass is 9.89. The van der Waals surface area contributed by atoms with Crippen molar-refractivity contribution in [3.8, 4) is 11.3 Å². The Hall–Kier alpha value is -2.54. The van der Waals surface area contributed by atoms with Crippen LogP contribution in [0.4, 0.5) is 10.3 Å². The number of rotatable bonds is 3. The molecule has 3 aromatic rings. The maximum atomic E-state index is 14.1. The first-order chi connectivity index (χ1) is 13.5. The summed E-state index contributed by atoms with van der Waals surface area (Å²) < 4.78 is 16.7. The molecule has 2 aromatic heterocycles. The maximum Gasteiger partial charge on any atom is 0.255 e. The van der Waals surface area contributed by atoms with Gasteiger partial charge in [-0.2, -0.15) is 0 Å². The van der Waals surface area contributed by atoms with Gasteiger partial charge in [0.15, 0.2) is 5.82 Å². The third kappa shape index (κ3) is 3.71. The largest absolute Gasteiger partial charge is 0.342 e. The van der Waals surface area contributed by atoms with Crippen LogP contribution < -0.4 is 10.5 Å². The van der Waals surface area contributed by atoms with Gasteiger partial charge in [0.25, 0.3) is 5.56 Å². The zero-order valence-corrected chi connectivity index (χ0v) is 17.1. The Kier molecular flexibility index (Phi) is 5.26. The van der Waals surface area contributed by atoms with Crippen molar-refractivity contribution in [2.24, 2.45) is 7.05 Å². The zero-order valence-electron chi connectivity index (χ0n) is 15.5. The summed E-state index contributed by atoms with van der Waals surface area (Å²) in [5, 5.41) is 0. The Bertz CT molecular complexity index is 1060. The van der Waals surface area contributed by atoms with Gasteiger partial charge in [-0.05, 0) is 42.5 Å². The van der Waals surface area contributed by atoms with Gasteiger partial charge in [0.1, 0.15) is 0 Å². The van der Waals surface area contributed by atoms with Crippen molar-refractivity contribution < 1.29 is 4.39 Å². The Morgan fingerprint density at radius 2 is 1.96 bits per heavy atom. The fourth-order valence-corrected chi connectivity index (χ4v) is 4.12. The highest BCUT2D eigenvalue weighted by molar-refractivity contribution is 9.10. The molecule has 1 aliphatic rings. The molecule has 144 valence electrons. The predicted octanol–water partition coefficient (Wildman–Crippen LogP) is 4.13. The van der Waals surface area contributed by atoms with E-state index < -0.39 is 5.82 Å². The molecule has 1 aromatic carbocycles. The third-order valence-corrected chi connectivity index (χ3v) is 5.75. The number of benzene rings is 1. The first kappa shape index (κ1) is 18.8. The lowest BCUT2D eigenvalue weighted by Gasteiger charge is -2.33. The second-order valence-corrected chi connectivity index (χ2v) is 7.93. The molecule has 7 heteroatoms. The molecular weight excluding hydrogens is 423 g/mol. The number of halogens is 2. The second-order valence-electron chi connectivity index (χ2n) is 7.01. The van der Waals surface area contributed by atoms with E-state index in [0.717, 1.165) is 36.6 Å². The fraction of sp³-hybridized carbons (Fsp3) is 0.286. The molecule has 1 aliphatic heterocycles. The first-order valence-corrected chi connectivity index (χ1v) is 10.0. The molecule has 0 bridgehead atoms. The van der Waals surface area contributed by atoms with Gasteiger partial charge in [-0.3, -0.25) is 14.3 Å². The average Bonchev–Trinajstić information content (AvgIpc) is 2.70. The summed E-state index contributed by atoms with van der Waals surface area (Å²) >= 11 is 3.54. The highest BCUT2D eigenvalue weighted by Gasteiger charge is 2.24. The van der Waals surface area contributed by atoms with E-state index in [1.165, 1.54) is 22.4 Å². The molecule has 0 saturated carbocycles. The van der Waals surface area contributed by atoms with E-state index in [0.29, 0.717) is 17.6 Å². The molecule has 0 unspecified atom stereocenters. The van der Waals surface area contributed by atoms with Crippen LogP contribution in [0.15, 0.2) is 58.1 Å². The summed E-state index contributed by atoms with van der Waals surface area (Å²) in [5.74, 6) is 0.570. The van der Waals surface area contributed by atoms with Crippen LogP contribution in [0.3, 0.4) is 0 Å². The molecule has 0 spiro atoms. The molecule has 0 atom stereocenters. The Labute approximate surface area is 171 Å². The van der Waals surface area contributed by atoms with Crippen molar-refractivity contribution in [1.29, 1.82) is 0 Å². The quantitative estimate of drug-likeness (QED) is 0.611. The van der Waals surface area contributed by atoms with E-state index in [-0.39, 0.29) is 11.1 Å². The van der Waals surface area contributed by atoms with Gasteiger partial charge in [0.05, 0.1) is 11.9 Å². The van der Waals surface area contributed by atoms with E-state index in [4.69, 9.17) is 0 Å². The molecule has 4 rings (SSSR count). The van der Waals surface area contributed by atoms with E-state index in [1.54, 1.807) is 13.1 Å². The molecule has 28 heavy (non-hydrogen) atoms. The minimum atomic E-state index is -0.484. The van der Waals surface area contributed by atoms with Crippen LogP contribution in [-0.4, -0.2) is 27.6 Å². The van der Waals surface area contributed by atoms with Crippen LogP contribution in [-0.2, 0) is 7.05 Å². The van der Waals surface area contributed by atoms with Gasteiger partial charge in [-0.25, -0.2) is 9.37 Å². The second kappa shape index (κ2) is 7.83. The van der Waals surface area contributed by atoms with Gasteiger partial charge >= 0.3 is 0 Å². The number of hydrogen-bond acceptors (Lipinski definition) is 4. The molecule has 3 heterocycles. The van der Waals surface area contributed by atoms with Crippen LogP contribution in [0.25, 0.3) is 11.3 Å². The molecule has 0 radical (unpaired) electrons. The van der Waals surface area contributed by atoms with Crippen LogP contribution in [0.2, 0.25) is 0 Å². The number of aromatic nitrogens is 3. The zero-order chi connectivity index (χ0) is 19.7. The number of anilines is 1. The van der Waals surface area contributed by atoms with Crippen molar-refractivity contribution in [2.45, 2.75) is 18.8 Å². The molecular formula is C21H20BrFN4O. The van der Waals surface area contributed by atoms with Crippen LogP contribution in [0, 0.1) is 5.82 Å². The topological polar surface area (TPSA) is 51.0 Å². The van der Waals surface area contributed by atoms with E-state index in [1.807, 2.05) is 6.07 Å². The summed E-state index contributed by atoms with van der Waals surface area (Å²) in [6.45, 7) is 1.58. The summed E-state index contributed by atoms with van der Waals surface area (Å²) in [5.41, 5.74) is 1.75. The van der Waals surface area contributed by atoms with E-state index >= 15 is 0 Å². The average molecular weight is 443 g/mol. The molecule has 5 nitrogen and oxygen atoms in total. The lowest BCUT2D eigenvalue weighted by Crippen LogP contribution is -2.37. The molecule has 0 N–H and O–H groups in total. The Balaban J connectivity index is 1.60. The van der Waals surface area contributed by atoms with Crippen LogP contribution in [0.5, 0.6) is 0 Å². The van der Waals surface area contributed by atoms with E-state index in [2.05, 4.69) is 49.0 Å². The van der Waals surface area contributed by atoms with Crippen molar-refractivity contribution >= 4 is 21.9 Å². The fourth-order valence-electron chi connectivity index (χ4n) is 3.70. The standard InChI is InChI=1S/C21H20BrFN4O/c1-26-20(28)12-19(17-5-8-24-13-18(17)23)25-21(26)27-9-6-14(7-10-27)15-3-2-4-16(22)11-15/h2-5,8,11-14H,6-7,9-10H2,1H3. The molecule has 1 saturated heterocycles. The smallest absolute Gasteiger partial charge is 0.255 e. The number of hydrogen-bond donors (Lipinski definition) is 0. The van der Waals surface area contributed by atoms with Crippen molar-refractivity contribution in [3.05, 3.63) is 75.0 Å². The van der Waals surface area contributed by atoms with E-state index in [9.17, 15) is 9.18 Å². The summed E-state index contributed by atoms with van der Waals surface area (Å²) in [6.07, 6.45) is 4.58.